The van der Waals surface area contributed by atoms with E-state index >= 15 is 0 Å². The van der Waals surface area contributed by atoms with Gasteiger partial charge in [0, 0.05) is 25.1 Å². The molecule has 0 bridgehead atoms. The fourth-order valence-electron chi connectivity index (χ4n) is 3.26. The van der Waals surface area contributed by atoms with Gasteiger partial charge in [-0.1, -0.05) is 23.4 Å². The van der Waals surface area contributed by atoms with Gasteiger partial charge >= 0.3 is 0 Å². The van der Waals surface area contributed by atoms with Crippen LogP contribution in [0.25, 0.3) is 11.5 Å². The smallest absolute Gasteiger partial charge is 0.258 e. The molecule has 28 heavy (non-hydrogen) atoms. The largest absolute Gasteiger partial charge is 0.368 e. The maximum Gasteiger partial charge on any atom is 0.258 e. The number of nitrogens with zero attached hydrogens (tertiary/aromatic N) is 5. The number of nitrogens with one attached hydrogen (secondary N) is 1. The van der Waals surface area contributed by atoms with Crippen LogP contribution in [0.5, 0.6) is 0 Å². The van der Waals surface area contributed by atoms with Crippen molar-refractivity contribution in [2.24, 2.45) is 5.92 Å². The number of anilines is 2. The molecule has 1 amide bonds. The molecule has 0 saturated carbocycles. The van der Waals surface area contributed by atoms with Crippen LogP contribution in [0.4, 0.5) is 15.2 Å². The fraction of sp³-hybridized carbons (Fsp3) is 0.389. The summed E-state index contributed by atoms with van der Waals surface area (Å²) in [7, 11) is 0. The third-order valence-electron chi connectivity index (χ3n) is 4.70. The molecule has 0 aliphatic carbocycles. The molecule has 1 saturated heterocycles. The summed E-state index contributed by atoms with van der Waals surface area (Å²) in [6.45, 7) is 3.06. The van der Waals surface area contributed by atoms with Gasteiger partial charge in [0.2, 0.25) is 11.0 Å². The third-order valence-corrected chi connectivity index (χ3v) is 5.31. The molecule has 146 valence electrons. The van der Waals surface area contributed by atoms with Crippen molar-refractivity contribution in [1.82, 2.24) is 20.3 Å². The van der Waals surface area contributed by atoms with E-state index in [0.717, 1.165) is 12.8 Å². The summed E-state index contributed by atoms with van der Waals surface area (Å²) in [5, 5.41) is 14.6. The minimum atomic E-state index is -0.376. The van der Waals surface area contributed by atoms with Gasteiger partial charge in [-0.3, -0.25) is 4.79 Å². The molecule has 1 atom stereocenters. The van der Waals surface area contributed by atoms with Gasteiger partial charge < -0.3 is 14.7 Å². The first-order valence-electron chi connectivity index (χ1n) is 9.08. The van der Waals surface area contributed by atoms with Crippen LogP contribution in [0.1, 0.15) is 25.6 Å². The summed E-state index contributed by atoms with van der Waals surface area (Å²) in [5.74, 6) is 0.158. The fourth-order valence-corrected chi connectivity index (χ4v) is 3.70. The molecule has 4 rings (SSSR count). The van der Waals surface area contributed by atoms with Gasteiger partial charge in [-0.15, -0.1) is 10.2 Å². The topological polar surface area (TPSA) is 97.0 Å². The van der Waals surface area contributed by atoms with Gasteiger partial charge in [-0.25, -0.2) is 4.39 Å². The van der Waals surface area contributed by atoms with Crippen LogP contribution in [0.3, 0.4) is 0 Å². The summed E-state index contributed by atoms with van der Waals surface area (Å²) in [5.41, 5.74) is 2.57. The second-order valence-electron chi connectivity index (χ2n) is 6.55. The first-order chi connectivity index (χ1) is 13.6. The maximum absolute atomic E-state index is 14.8. The molecular formula is C18H19FN6O2S. The van der Waals surface area contributed by atoms with E-state index in [2.05, 4.69) is 25.7 Å². The lowest BCUT2D eigenvalue weighted by Crippen LogP contribution is -2.41. The lowest BCUT2D eigenvalue weighted by molar-refractivity contribution is -0.120. The van der Waals surface area contributed by atoms with E-state index < -0.39 is 0 Å². The van der Waals surface area contributed by atoms with Gasteiger partial charge in [-0.2, -0.15) is 4.98 Å². The number of rotatable bonds is 5. The zero-order valence-corrected chi connectivity index (χ0v) is 16.1. The summed E-state index contributed by atoms with van der Waals surface area (Å²) in [4.78, 5) is 18.6. The van der Waals surface area contributed by atoms with Gasteiger partial charge in [0.25, 0.3) is 5.89 Å². The highest BCUT2D eigenvalue weighted by Crippen LogP contribution is 2.29. The lowest BCUT2D eigenvalue weighted by atomic mass is 9.96. The highest BCUT2D eigenvalue weighted by molar-refractivity contribution is 7.13. The molecule has 3 aromatic rings. The molecular weight excluding hydrogens is 383 g/mol. The monoisotopic (exact) mass is 402 g/mol. The first-order valence-corrected chi connectivity index (χ1v) is 9.96. The minimum absolute atomic E-state index is 0.114. The van der Waals surface area contributed by atoms with Gasteiger partial charge in [0.05, 0.1) is 11.6 Å². The van der Waals surface area contributed by atoms with Crippen molar-refractivity contribution in [2.75, 3.05) is 23.3 Å². The number of piperidine rings is 1. The van der Waals surface area contributed by atoms with Crippen LogP contribution in [0, 0.1) is 11.7 Å². The predicted molar refractivity (Wildman–Crippen MR) is 103 cm³/mol. The van der Waals surface area contributed by atoms with Gasteiger partial charge in [0.1, 0.15) is 11.3 Å². The second-order valence-corrected chi connectivity index (χ2v) is 7.39. The van der Waals surface area contributed by atoms with E-state index in [1.165, 1.54) is 17.4 Å². The van der Waals surface area contributed by atoms with Crippen molar-refractivity contribution in [3.8, 4) is 11.5 Å². The number of hydrogen-bond acceptors (Lipinski definition) is 8. The summed E-state index contributed by atoms with van der Waals surface area (Å²) < 4.78 is 20.0. The van der Waals surface area contributed by atoms with Crippen molar-refractivity contribution >= 4 is 28.1 Å². The number of amides is 1. The Morgan fingerprint density at radius 3 is 3.07 bits per heavy atom. The Kier molecular flexibility index (Phi) is 5.29. The average Bonchev–Trinajstić information content (AvgIpc) is 3.40. The number of halogens is 1. The van der Waals surface area contributed by atoms with Crippen LogP contribution >= 0.6 is 11.3 Å². The van der Waals surface area contributed by atoms with Crippen molar-refractivity contribution in [3.05, 3.63) is 35.4 Å². The Labute approximate surface area is 164 Å². The number of hydrogen-bond donors (Lipinski definition) is 1. The normalized spacial score (nSPS) is 16.9. The van der Waals surface area contributed by atoms with E-state index in [9.17, 15) is 9.18 Å². The Morgan fingerprint density at radius 1 is 1.46 bits per heavy atom. The molecule has 3 heterocycles. The van der Waals surface area contributed by atoms with Crippen LogP contribution < -0.4 is 10.2 Å². The lowest BCUT2D eigenvalue weighted by Gasteiger charge is -2.33. The quantitative estimate of drug-likeness (QED) is 0.700. The Hall–Kier alpha value is -2.88. The van der Waals surface area contributed by atoms with Crippen LogP contribution in [-0.4, -0.2) is 39.3 Å². The zero-order chi connectivity index (χ0) is 19.5. The molecule has 2 aromatic heterocycles. The molecule has 10 heteroatoms. The number of benzene rings is 1. The van der Waals surface area contributed by atoms with Crippen molar-refractivity contribution < 1.29 is 13.7 Å². The minimum Gasteiger partial charge on any atom is -0.368 e. The maximum atomic E-state index is 14.8. The van der Waals surface area contributed by atoms with E-state index in [-0.39, 0.29) is 17.6 Å². The highest BCUT2D eigenvalue weighted by Gasteiger charge is 2.28. The summed E-state index contributed by atoms with van der Waals surface area (Å²) in [6.07, 6.45) is 2.21. The van der Waals surface area contributed by atoms with E-state index in [1.807, 2.05) is 11.8 Å². The van der Waals surface area contributed by atoms with Crippen molar-refractivity contribution in [2.45, 2.75) is 26.2 Å². The number of carbonyl (C=O) groups is 1. The van der Waals surface area contributed by atoms with Gasteiger partial charge in [-0.05, 0) is 31.0 Å². The summed E-state index contributed by atoms with van der Waals surface area (Å²) >= 11 is 1.27. The Morgan fingerprint density at radius 2 is 2.36 bits per heavy atom. The van der Waals surface area contributed by atoms with Crippen LogP contribution in [-0.2, 0) is 11.2 Å². The van der Waals surface area contributed by atoms with Gasteiger partial charge in [0.15, 0.2) is 5.82 Å². The highest BCUT2D eigenvalue weighted by atomic mass is 32.1. The Balaban J connectivity index is 1.48. The molecule has 1 N–H and O–H groups in total. The second kappa shape index (κ2) is 8.01. The van der Waals surface area contributed by atoms with E-state index in [1.54, 1.807) is 17.6 Å². The number of aromatic nitrogens is 4. The molecule has 0 spiro atoms. The molecule has 1 aliphatic heterocycles. The van der Waals surface area contributed by atoms with Crippen LogP contribution in [0.15, 0.2) is 28.2 Å². The SMILES string of the molecule is CCc1noc(-c2ccc(N3CCCC(C(=O)Nc4nncs4)C3)c(F)c2)n1. The summed E-state index contributed by atoms with van der Waals surface area (Å²) in [6, 6.07) is 4.86. The van der Waals surface area contributed by atoms with E-state index in [0.29, 0.717) is 47.6 Å². The first kappa shape index (κ1) is 18.5. The van der Waals surface area contributed by atoms with Crippen molar-refractivity contribution in [3.63, 3.8) is 0 Å². The molecule has 1 aliphatic rings. The molecule has 1 fully saturated rings. The third kappa shape index (κ3) is 3.86. The number of carbonyl (C=O) groups excluding carboxylic acids is 1. The molecule has 1 aromatic carbocycles. The molecule has 1 unspecified atom stereocenters. The average molecular weight is 402 g/mol. The van der Waals surface area contributed by atoms with Crippen molar-refractivity contribution in [1.29, 1.82) is 0 Å². The van der Waals surface area contributed by atoms with Crippen LogP contribution in [0.2, 0.25) is 0 Å². The standard InChI is InChI=1S/C18H19FN6O2S/c1-2-15-21-17(27-24-15)11-5-6-14(13(19)8-11)25-7-3-4-12(9-25)16(26)22-18-23-20-10-28-18/h5-6,8,10,12H,2-4,7,9H2,1H3,(H,22,23,26). The zero-order valence-electron chi connectivity index (χ0n) is 15.3. The Bertz CT molecular complexity index is 961. The van der Waals surface area contributed by atoms with E-state index in [4.69, 9.17) is 4.52 Å². The predicted octanol–water partition coefficient (Wildman–Crippen LogP) is 3.14. The molecule has 0 radical (unpaired) electrons. The number of aryl methyl sites for hydroxylation is 1. The molecule has 8 nitrogen and oxygen atoms in total.